The van der Waals surface area contributed by atoms with E-state index in [9.17, 15) is 14.7 Å². The van der Waals surface area contributed by atoms with E-state index in [0.29, 0.717) is 41.0 Å². The van der Waals surface area contributed by atoms with Crippen LogP contribution in [0, 0.1) is 23.2 Å². The van der Waals surface area contributed by atoms with Crippen LogP contribution in [0.5, 0.6) is 5.75 Å². The Balaban J connectivity index is 1.53. The van der Waals surface area contributed by atoms with Gasteiger partial charge in [-0.25, -0.2) is 4.79 Å². The number of carbonyl (C=O) groups is 1. The molecule has 3 aliphatic rings. The molecule has 2 aromatic rings. The molecule has 1 saturated heterocycles. The Morgan fingerprint density at radius 3 is 2.78 bits per heavy atom. The summed E-state index contributed by atoms with van der Waals surface area (Å²) in [4.78, 5) is 26.9. The first-order valence-corrected chi connectivity index (χ1v) is 11.4. The van der Waals surface area contributed by atoms with Gasteiger partial charge in [-0.05, 0) is 49.7 Å². The fourth-order valence-corrected chi connectivity index (χ4v) is 5.68. The fourth-order valence-electron chi connectivity index (χ4n) is 5.68. The van der Waals surface area contributed by atoms with Gasteiger partial charge in [0.1, 0.15) is 5.56 Å². The number of benzene rings is 1. The van der Waals surface area contributed by atoms with E-state index >= 15 is 0 Å². The maximum Gasteiger partial charge on any atom is 0.341 e. The summed E-state index contributed by atoms with van der Waals surface area (Å²) in [6, 6.07) is 6.49. The molecule has 5 rings (SSSR count). The van der Waals surface area contributed by atoms with Crippen LogP contribution >= 0.6 is 0 Å². The lowest BCUT2D eigenvalue weighted by molar-refractivity contribution is 0.0695. The van der Waals surface area contributed by atoms with Gasteiger partial charge in [0.05, 0.1) is 29.8 Å². The molecule has 8 nitrogen and oxygen atoms in total. The summed E-state index contributed by atoms with van der Waals surface area (Å²) < 4.78 is 7.81. The first-order valence-electron chi connectivity index (χ1n) is 11.4. The molecule has 0 amide bonds. The van der Waals surface area contributed by atoms with Gasteiger partial charge in [-0.2, -0.15) is 5.26 Å². The second kappa shape index (κ2) is 8.14. The number of fused-ring (bicyclic) bond motifs is 2. The van der Waals surface area contributed by atoms with Crippen molar-refractivity contribution < 1.29 is 14.6 Å². The maximum absolute atomic E-state index is 12.9. The van der Waals surface area contributed by atoms with Crippen molar-refractivity contribution >= 4 is 22.6 Å². The largest absolute Gasteiger partial charge is 0.492 e. The highest BCUT2D eigenvalue weighted by atomic mass is 16.5. The van der Waals surface area contributed by atoms with Gasteiger partial charge < -0.3 is 24.6 Å². The van der Waals surface area contributed by atoms with E-state index in [4.69, 9.17) is 10.00 Å². The lowest BCUT2D eigenvalue weighted by atomic mass is 9.98. The molecule has 2 heterocycles. The van der Waals surface area contributed by atoms with Crippen molar-refractivity contribution in [2.75, 3.05) is 31.6 Å². The van der Waals surface area contributed by atoms with E-state index in [1.807, 2.05) is 10.6 Å². The highest BCUT2D eigenvalue weighted by molar-refractivity contribution is 5.97. The molecule has 0 bridgehead atoms. The Morgan fingerprint density at radius 2 is 2.09 bits per heavy atom. The molecule has 0 spiro atoms. The number of aromatic nitrogens is 1. The van der Waals surface area contributed by atoms with Gasteiger partial charge in [0.15, 0.2) is 5.75 Å². The van der Waals surface area contributed by atoms with E-state index < -0.39 is 11.4 Å². The van der Waals surface area contributed by atoms with Crippen LogP contribution in [0.15, 0.2) is 23.1 Å². The van der Waals surface area contributed by atoms with Crippen LogP contribution in [0.4, 0.5) is 5.69 Å². The SMILES string of the molecule is COc1c(N2CC3CCC(NCCC#N)C3C2)ccc2c(=O)c(C(=O)O)cn(C3CC3)c12. The minimum absolute atomic E-state index is 0.193. The highest BCUT2D eigenvalue weighted by Gasteiger charge is 2.43. The Labute approximate surface area is 186 Å². The zero-order valence-corrected chi connectivity index (χ0v) is 18.2. The van der Waals surface area contributed by atoms with E-state index in [1.54, 1.807) is 13.2 Å². The van der Waals surface area contributed by atoms with E-state index in [1.165, 1.54) is 6.20 Å². The maximum atomic E-state index is 12.9. The van der Waals surface area contributed by atoms with Crippen LogP contribution in [0.1, 0.15) is 48.5 Å². The van der Waals surface area contributed by atoms with Crippen molar-refractivity contribution in [2.45, 2.75) is 44.2 Å². The third-order valence-corrected chi connectivity index (χ3v) is 7.34. The highest BCUT2D eigenvalue weighted by Crippen LogP contribution is 2.46. The molecule has 3 unspecified atom stereocenters. The molecule has 2 N–H and O–H groups in total. The predicted octanol–water partition coefficient (Wildman–Crippen LogP) is 2.76. The molecule has 32 heavy (non-hydrogen) atoms. The molecule has 1 aromatic heterocycles. The molecule has 3 atom stereocenters. The number of ether oxygens (including phenoxy) is 1. The van der Waals surface area contributed by atoms with E-state index in [2.05, 4.69) is 16.3 Å². The number of aromatic carboxylic acids is 1. The summed E-state index contributed by atoms with van der Waals surface area (Å²) in [6.07, 6.45) is 6.25. The molecule has 168 valence electrons. The first-order chi connectivity index (χ1) is 15.5. The number of anilines is 1. The van der Waals surface area contributed by atoms with Crippen molar-refractivity contribution in [1.29, 1.82) is 5.26 Å². The second-order valence-electron chi connectivity index (χ2n) is 9.20. The molecule has 8 heteroatoms. The van der Waals surface area contributed by atoms with E-state index in [0.717, 1.165) is 51.0 Å². The zero-order valence-electron chi connectivity index (χ0n) is 18.2. The zero-order chi connectivity index (χ0) is 22.4. The van der Waals surface area contributed by atoms with Gasteiger partial charge in [0, 0.05) is 44.3 Å². The summed E-state index contributed by atoms with van der Waals surface area (Å²) in [5.74, 6) is 0.568. The predicted molar refractivity (Wildman–Crippen MR) is 120 cm³/mol. The number of hydrogen-bond acceptors (Lipinski definition) is 6. The lowest BCUT2D eigenvalue weighted by Gasteiger charge is -2.26. The minimum atomic E-state index is -1.20. The van der Waals surface area contributed by atoms with Crippen LogP contribution < -0.4 is 20.4 Å². The van der Waals surface area contributed by atoms with Gasteiger partial charge in [-0.1, -0.05) is 0 Å². The number of nitriles is 1. The van der Waals surface area contributed by atoms with Crippen LogP contribution in [0.25, 0.3) is 10.9 Å². The van der Waals surface area contributed by atoms with Gasteiger partial charge in [0.2, 0.25) is 5.43 Å². The van der Waals surface area contributed by atoms with Crippen molar-refractivity contribution in [3.05, 3.63) is 34.1 Å². The Bertz CT molecular complexity index is 1160. The molecule has 3 fully saturated rings. The van der Waals surface area contributed by atoms with E-state index in [-0.39, 0.29) is 11.6 Å². The Morgan fingerprint density at radius 1 is 1.28 bits per heavy atom. The monoisotopic (exact) mass is 436 g/mol. The third-order valence-electron chi connectivity index (χ3n) is 7.34. The molecule has 0 radical (unpaired) electrons. The molecule has 2 aliphatic carbocycles. The van der Waals surface area contributed by atoms with Crippen LogP contribution in [0.3, 0.4) is 0 Å². The quantitative estimate of drug-likeness (QED) is 0.643. The Kier molecular flexibility index (Phi) is 5.30. The summed E-state index contributed by atoms with van der Waals surface area (Å²) in [5.41, 5.74) is 1.00. The molecule has 2 saturated carbocycles. The van der Waals surface area contributed by atoms with Crippen LogP contribution in [0.2, 0.25) is 0 Å². The van der Waals surface area contributed by atoms with Crippen molar-refractivity contribution in [1.82, 2.24) is 9.88 Å². The van der Waals surface area contributed by atoms with Gasteiger partial charge in [0.25, 0.3) is 0 Å². The second-order valence-corrected chi connectivity index (χ2v) is 9.20. The summed E-state index contributed by atoms with van der Waals surface area (Å²) in [7, 11) is 1.62. The number of pyridine rings is 1. The summed E-state index contributed by atoms with van der Waals surface area (Å²) in [6.45, 7) is 2.56. The Hall–Kier alpha value is -3.05. The number of rotatable bonds is 7. The molecular formula is C24H28N4O4. The number of nitrogens with zero attached hydrogens (tertiary/aromatic N) is 3. The smallest absolute Gasteiger partial charge is 0.341 e. The molecule has 1 aliphatic heterocycles. The van der Waals surface area contributed by atoms with Gasteiger partial charge >= 0.3 is 5.97 Å². The topological polar surface area (TPSA) is 108 Å². The number of carboxylic acids is 1. The molecule has 1 aromatic carbocycles. The fraction of sp³-hybridized carbons (Fsp3) is 0.542. The standard InChI is InChI=1S/C24H28N4O4/c1-32-23-20(27-11-14-3-7-19(17(14)12-27)26-10-2-9-25)8-6-16-21(23)28(15-4-5-15)13-18(22(16)29)24(30)31/h6,8,13-15,17,19,26H,2-5,7,10-12H2,1H3,(H,30,31). The average molecular weight is 437 g/mol. The average Bonchev–Trinajstić information content (AvgIpc) is 3.43. The number of nitrogens with one attached hydrogen (secondary N) is 1. The number of hydrogen-bond donors (Lipinski definition) is 2. The van der Waals surface area contributed by atoms with Gasteiger partial charge in [-0.3, -0.25) is 4.79 Å². The number of methoxy groups -OCH3 is 1. The van der Waals surface area contributed by atoms with Gasteiger partial charge in [-0.15, -0.1) is 0 Å². The van der Waals surface area contributed by atoms with Crippen LogP contribution in [-0.4, -0.2) is 48.4 Å². The van der Waals surface area contributed by atoms with Crippen molar-refractivity contribution in [2.24, 2.45) is 11.8 Å². The van der Waals surface area contributed by atoms with Crippen molar-refractivity contribution in [3.63, 3.8) is 0 Å². The van der Waals surface area contributed by atoms with Crippen molar-refractivity contribution in [3.8, 4) is 11.8 Å². The van der Waals surface area contributed by atoms with Crippen LogP contribution in [-0.2, 0) is 0 Å². The molecular weight excluding hydrogens is 408 g/mol. The normalized spacial score (nSPS) is 24.5. The minimum Gasteiger partial charge on any atom is -0.492 e. The third kappa shape index (κ3) is 3.41. The first kappa shape index (κ1) is 20.8. The summed E-state index contributed by atoms with van der Waals surface area (Å²) in [5, 5.41) is 22.3. The lowest BCUT2D eigenvalue weighted by Crippen LogP contribution is -2.36. The number of carboxylic acid groups (broad SMARTS) is 1. The summed E-state index contributed by atoms with van der Waals surface area (Å²) >= 11 is 0.